The number of aliphatic imine (C=N–C) groups is 2. The van der Waals surface area contributed by atoms with Gasteiger partial charge in [-0.15, -0.1) is 0 Å². The molecule has 6 heterocycles. The molecule has 2 fully saturated rings. The molecule has 2 aromatic heterocycles. The third-order valence-electron chi connectivity index (χ3n) is 8.61. The molecule has 3 atom stereocenters. The van der Waals surface area contributed by atoms with Crippen LogP contribution in [0.25, 0.3) is 0 Å². The Labute approximate surface area is 253 Å². The molecule has 14 heteroatoms. The normalized spacial score (nSPS) is 23.5. The topological polar surface area (TPSA) is 127 Å². The number of halogens is 3. The molecular formula is C30H36F3N9O2. The summed E-state index contributed by atoms with van der Waals surface area (Å²) in [7, 11) is 0. The van der Waals surface area contributed by atoms with Gasteiger partial charge in [-0.05, 0) is 43.5 Å². The number of aromatic nitrogens is 3. The number of nitrogens with one attached hydrogen (secondary N) is 1. The van der Waals surface area contributed by atoms with E-state index in [0.717, 1.165) is 30.3 Å². The maximum absolute atomic E-state index is 13.6. The second kappa shape index (κ2) is 13.1. The van der Waals surface area contributed by atoms with Gasteiger partial charge in [0.15, 0.2) is 0 Å². The Morgan fingerprint density at radius 1 is 1.20 bits per heavy atom. The Kier molecular flexibility index (Phi) is 8.97. The van der Waals surface area contributed by atoms with Crippen molar-refractivity contribution >= 4 is 12.2 Å². The van der Waals surface area contributed by atoms with Crippen molar-refractivity contribution in [3.8, 4) is 11.9 Å². The van der Waals surface area contributed by atoms with Gasteiger partial charge in [-0.1, -0.05) is 6.08 Å². The van der Waals surface area contributed by atoms with Gasteiger partial charge in [0, 0.05) is 63.0 Å². The Balaban J connectivity index is 1.08. The number of β-amino-alcohol motifs (C(OH)–C–C–N with tert-alkyl or cyclic N) is 1. The molecule has 44 heavy (non-hydrogen) atoms. The largest absolute Gasteiger partial charge is 0.474 e. The van der Waals surface area contributed by atoms with Gasteiger partial charge in [-0.25, -0.2) is 9.98 Å². The maximum atomic E-state index is 13.6. The van der Waals surface area contributed by atoms with Crippen molar-refractivity contribution in [2.24, 2.45) is 15.9 Å². The molecule has 0 spiro atoms. The van der Waals surface area contributed by atoms with Gasteiger partial charge in [0.1, 0.15) is 24.0 Å². The van der Waals surface area contributed by atoms with E-state index in [1.165, 1.54) is 0 Å². The van der Waals surface area contributed by atoms with Crippen LogP contribution in [0.4, 0.5) is 13.2 Å². The summed E-state index contributed by atoms with van der Waals surface area (Å²) in [6, 6.07) is 4.92. The van der Waals surface area contributed by atoms with Crippen molar-refractivity contribution in [3.63, 3.8) is 0 Å². The minimum atomic E-state index is -4.58. The standard InChI is InChI=1S/C30H36F3N9O2/c31-30(32,33)26-11-20(14-40-17-23(43)18-40)12-27(39-26)44-24-5-9-41(10-6-24)22(3-1-2-7-34)16-42-15-21(13-38-42)28-25-4-8-35-29(25)37-19-36-28/h4,8,11-13,15,19,22-25,28,43H,1-3,5-6,9-10,14,16-18H2,(H,35,36,37)/t22-,25?,28?/m0/s1. The van der Waals surface area contributed by atoms with Crippen LogP contribution in [0, 0.1) is 17.2 Å². The highest BCUT2D eigenvalue weighted by atomic mass is 19.4. The summed E-state index contributed by atoms with van der Waals surface area (Å²) in [4.78, 5) is 16.9. The van der Waals surface area contributed by atoms with Gasteiger partial charge >= 0.3 is 6.18 Å². The predicted molar refractivity (Wildman–Crippen MR) is 156 cm³/mol. The molecular weight excluding hydrogens is 575 g/mol. The Morgan fingerprint density at radius 3 is 2.77 bits per heavy atom. The summed E-state index contributed by atoms with van der Waals surface area (Å²) in [6.07, 6.45) is 7.48. The van der Waals surface area contributed by atoms with E-state index in [-0.39, 0.29) is 30.0 Å². The minimum Gasteiger partial charge on any atom is -0.474 e. The number of amidine groups is 1. The summed E-state index contributed by atoms with van der Waals surface area (Å²) in [6.45, 7) is 3.24. The molecule has 0 saturated carbocycles. The van der Waals surface area contributed by atoms with Crippen molar-refractivity contribution in [1.29, 1.82) is 5.26 Å². The molecule has 6 rings (SSSR count). The molecule has 2 N–H and O–H groups in total. The number of rotatable bonds is 11. The van der Waals surface area contributed by atoms with Crippen LogP contribution in [0.2, 0.25) is 0 Å². The third-order valence-corrected chi connectivity index (χ3v) is 8.61. The number of nitrogens with zero attached hydrogens (tertiary/aromatic N) is 8. The molecule has 4 aliphatic heterocycles. The predicted octanol–water partition coefficient (Wildman–Crippen LogP) is 3.29. The lowest BCUT2D eigenvalue weighted by Gasteiger charge is -2.37. The van der Waals surface area contributed by atoms with E-state index in [1.54, 1.807) is 12.4 Å². The number of piperidine rings is 1. The molecule has 2 aromatic rings. The first-order valence-electron chi connectivity index (χ1n) is 15.1. The van der Waals surface area contributed by atoms with Crippen LogP contribution in [0.5, 0.6) is 5.88 Å². The molecule has 4 aliphatic rings. The number of nitriles is 1. The van der Waals surface area contributed by atoms with Crippen LogP contribution < -0.4 is 10.1 Å². The summed E-state index contributed by atoms with van der Waals surface area (Å²) in [5.74, 6) is 0.925. The van der Waals surface area contributed by atoms with Gasteiger partial charge in [0.05, 0.1) is 36.9 Å². The van der Waals surface area contributed by atoms with E-state index in [0.29, 0.717) is 64.1 Å². The summed E-state index contributed by atoms with van der Waals surface area (Å²) < 4.78 is 48.8. The van der Waals surface area contributed by atoms with E-state index in [1.807, 2.05) is 28.2 Å². The highest BCUT2D eigenvalue weighted by Gasteiger charge is 2.35. The zero-order valence-electron chi connectivity index (χ0n) is 24.3. The summed E-state index contributed by atoms with van der Waals surface area (Å²) in [5.41, 5.74) is 0.501. The number of fused-ring (bicyclic) bond motifs is 1. The fourth-order valence-corrected chi connectivity index (χ4v) is 6.33. The average Bonchev–Trinajstić information content (AvgIpc) is 3.66. The fraction of sp³-hybridized carbons (Fsp3) is 0.567. The van der Waals surface area contributed by atoms with E-state index in [4.69, 9.17) is 10.00 Å². The second-order valence-corrected chi connectivity index (χ2v) is 11.9. The van der Waals surface area contributed by atoms with Gasteiger partial charge in [-0.3, -0.25) is 19.5 Å². The van der Waals surface area contributed by atoms with Crippen LogP contribution in [0.3, 0.4) is 0 Å². The van der Waals surface area contributed by atoms with Crippen molar-refractivity contribution < 1.29 is 23.0 Å². The Morgan fingerprint density at radius 2 is 2.02 bits per heavy atom. The van der Waals surface area contributed by atoms with E-state index >= 15 is 0 Å². The van der Waals surface area contributed by atoms with Gasteiger partial charge < -0.3 is 15.2 Å². The molecule has 0 amide bonds. The van der Waals surface area contributed by atoms with Gasteiger partial charge in [0.2, 0.25) is 5.88 Å². The first-order chi connectivity index (χ1) is 21.2. The van der Waals surface area contributed by atoms with E-state index < -0.39 is 18.0 Å². The van der Waals surface area contributed by atoms with E-state index in [9.17, 15) is 18.3 Å². The Hall–Kier alpha value is -3.80. The molecule has 0 aromatic carbocycles. The fourth-order valence-electron chi connectivity index (χ4n) is 6.33. The molecule has 234 valence electrons. The second-order valence-electron chi connectivity index (χ2n) is 11.9. The number of unbranched alkanes of at least 4 members (excludes halogenated alkanes) is 1. The number of aliphatic hydroxyl groups excluding tert-OH is 1. The maximum Gasteiger partial charge on any atom is 0.433 e. The van der Waals surface area contributed by atoms with Crippen molar-refractivity contribution in [1.82, 2.24) is 29.9 Å². The third kappa shape index (κ3) is 7.11. The summed E-state index contributed by atoms with van der Waals surface area (Å²) in [5, 5.41) is 26.5. The van der Waals surface area contributed by atoms with Crippen LogP contribution in [0.1, 0.15) is 55.0 Å². The molecule has 0 radical (unpaired) electrons. The molecule has 0 aliphatic carbocycles. The van der Waals surface area contributed by atoms with Crippen LogP contribution in [0.15, 0.2) is 46.8 Å². The molecule has 2 saturated heterocycles. The van der Waals surface area contributed by atoms with Crippen LogP contribution in [-0.2, 0) is 19.3 Å². The number of hydrogen-bond donors (Lipinski definition) is 2. The molecule has 11 nitrogen and oxygen atoms in total. The lowest BCUT2D eigenvalue weighted by atomic mass is 9.95. The zero-order chi connectivity index (χ0) is 30.7. The van der Waals surface area contributed by atoms with Gasteiger partial charge in [0.25, 0.3) is 0 Å². The highest BCUT2D eigenvalue weighted by molar-refractivity contribution is 5.96. The van der Waals surface area contributed by atoms with E-state index in [2.05, 4.69) is 42.4 Å². The van der Waals surface area contributed by atoms with Crippen LogP contribution in [-0.4, -0.2) is 86.3 Å². The number of alkyl halides is 3. The van der Waals surface area contributed by atoms with Crippen LogP contribution >= 0.6 is 0 Å². The lowest BCUT2D eigenvalue weighted by Crippen LogP contribution is -2.49. The zero-order valence-corrected chi connectivity index (χ0v) is 24.3. The van der Waals surface area contributed by atoms with Crippen molar-refractivity contribution in [3.05, 3.63) is 53.6 Å². The number of pyridine rings is 1. The average molecular weight is 612 g/mol. The molecule has 0 bridgehead atoms. The number of hydrogen-bond acceptors (Lipinski definition) is 10. The number of ether oxygens (including phenoxy) is 1. The first kappa shape index (κ1) is 30.2. The Bertz CT molecular complexity index is 1440. The minimum absolute atomic E-state index is 0.0186. The molecule has 2 unspecified atom stereocenters. The number of likely N-dealkylation sites (tertiary alicyclic amines) is 2. The van der Waals surface area contributed by atoms with Gasteiger partial charge in [-0.2, -0.15) is 23.5 Å². The first-order valence-corrected chi connectivity index (χ1v) is 15.1. The lowest BCUT2D eigenvalue weighted by molar-refractivity contribution is -0.141. The number of aliphatic hydroxyl groups is 1. The summed E-state index contributed by atoms with van der Waals surface area (Å²) >= 11 is 0. The highest BCUT2D eigenvalue weighted by Crippen LogP contribution is 2.33. The van der Waals surface area contributed by atoms with Crippen molar-refractivity contribution in [2.45, 2.75) is 75.7 Å². The van der Waals surface area contributed by atoms with Crippen molar-refractivity contribution in [2.75, 3.05) is 26.2 Å². The quantitative estimate of drug-likeness (QED) is 0.371. The monoisotopic (exact) mass is 611 g/mol. The SMILES string of the molecule is N#CCCC[C@@H](Cn1cc(C2N=CN=C3NC=CC32)cn1)N1CCC(Oc2cc(CN3CC(O)C3)cc(C(F)(F)F)n2)CC1. The smallest absolute Gasteiger partial charge is 0.433 e.